The quantitative estimate of drug-likeness (QED) is 0.703. The summed E-state index contributed by atoms with van der Waals surface area (Å²) in [7, 11) is 0. The van der Waals surface area contributed by atoms with Gasteiger partial charge in [-0.15, -0.1) is 11.3 Å². The minimum Gasteiger partial charge on any atom is -0.494 e. The maximum absolute atomic E-state index is 12.7. The molecule has 1 aliphatic rings. The average Bonchev–Trinajstić information content (AvgIpc) is 3.09. The molecular formula is C22H30N2O2S. The molecule has 2 aromatic rings. The molecule has 3 rings (SSSR count). The molecule has 2 heterocycles. The van der Waals surface area contributed by atoms with Gasteiger partial charge in [-0.25, -0.2) is 0 Å². The largest absolute Gasteiger partial charge is 0.494 e. The predicted octanol–water partition coefficient (Wildman–Crippen LogP) is 4.88. The van der Waals surface area contributed by atoms with Crippen molar-refractivity contribution in [3.63, 3.8) is 0 Å². The molecule has 5 heteroatoms. The highest BCUT2D eigenvalue weighted by atomic mass is 32.1. The highest BCUT2D eigenvalue weighted by Crippen LogP contribution is 2.27. The molecule has 1 saturated heterocycles. The van der Waals surface area contributed by atoms with Crippen LogP contribution in [0.5, 0.6) is 5.75 Å². The first kappa shape index (κ1) is 19.9. The summed E-state index contributed by atoms with van der Waals surface area (Å²) in [5, 5.41) is 5.28. The number of carbonyl (C=O) groups excluding carboxylic acids is 1. The van der Waals surface area contributed by atoms with Crippen molar-refractivity contribution in [2.24, 2.45) is 0 Å². The lowest BCUT2D eigenvalue weighted by Crippen LogP contribution is -2.38. The van der Waals surface area contributed by atoms with Gasteiger partial charge in [0.05, 0.1) is 12.6 Å². The molecule has 0 bridgehead atoms. The lowest BCUT2D eigenvalue weighted by molar-refractivity contribution is 0.0933. The molecule has 1 atom stereocenters. The van der Waals surface area contributed by atoms with Crippen LogP contribution in [0.2, 0.25) is 0 Å². The summed E-state index contributed by atoms with van der Waals surface area (Å²) in [6.45, 7) is 5.60. The summed E-state index contributed by atoms with van der Waals surface area (Å²) < 4.78 is 5.65. The number of amides is 1. The predicted molar refractivity (Wildman–Crippen MR) is 112 cm³/mol. The van der Waals surface area contributed by atoms with Gasteiger partial charge in [-0.1, -0.05) is 31.9 Å². The van der Waals surface area contributed by atoms with Crippen LogP contribution in [-0.4, -0.2) is 37.0 Å². The smallest absolute Gasteiger partial charge is 0.251 e. The number of carbonyl (C=O) groups is 1. The van der Waals surface area contributed by atoms with Gasteiger partial charge < -0.3 is 10.1 Å². The summed E-state index contributed by atoms with van der Waals surface area (Å²) in [4.78, 5) is 16.6. The van der Waals surface area contributed by atoms with E-state index in [9.17, 15) is 4.79 Å². The second kappa shape index (κ2) is 10.5. The molecular weight excluding hydrogens is 356 g/mol. The third kappa shape index (κ3) is 5.81. The number of ether oxygens (including phenoxy) is 1. The Balaban J connectivity index is 1.65. The van der Waals surface area contributed by atoms with E-state index in [-0.39, 0.29) is 11.9 Å². The summed E-state index contributed by atoms with van der Waals surface area (Å²) in [5.74, 6) is 0.722. The molecule has 0 aliphatic carbocycles. The van der Waals surface area contributed by atoms with Gasteiger partial charge in [-0.05, 0) is 62.0 Å². The van der Waals surface area contributed by atoms with E-state index in [4.69, 9.17) is 4.74 Å². The fourth-order valence-corrected chi connectivity index (χ4v) is 4.40. The van der Waals surface area contributed by atoms with E-state index in [1.54, 1.807) is 11.3 Å². The highest BCUT2D eigenvalue weighted by molar-refractivity contribution is 7.10. The van der Waals surface area contributed by atoms with Gasteiger partial charge in [0.25, 0.3) is 5.91 Å². The third-order valence-corrected chi connectivity index (χ3v) is 5.95. The molecule has 0 unspecified atom stereocenters. The number of nitrogens with one attached hydrogen (secondary N) is 1. The lowest BCUT2D eigenvalue weighted by Gasteiger charge is -2.30. The number of nitrogens with zero attached hydrogens (tertiary/aromatic N) is 1. The number of thiophene rings is 1. The molecule has 1 fully saturated rings. The Hall–Kier alpha value is -1.85. The Morgan fingerprint density at radius 2 is 2.00 bits per heavy atom. The van der Waals surface area contributed by atoms with Gasteiger partial charge in [0.2, 0.25) is 0 Å². The summed E-state index contributed by atoms with van der Waals surface area (Å²) in [6, 6.07) is 12.0. The molecule has 0 saturated carbocycles. The molecule has 146 valence electrons. The third-order valence-electron chi connectivity index (χ3n) is 4.98. The molecule has 1 aromatic carbocycles. The average molecular weight is 387 g/mol. The van der Waals surface area contributed by atoms with E-state index in [2.05, 4.69) is 34.7 Å². The maximum atomic E-state index is 12.7. The number of likely N-dealkylation sites (tertiary alicyclic amines) is 1. The van der Waals surface area contributed by atoms with E-state index in [0.29, 0.717) is 18.7 Å². The second-order valence-corrected chi connectivity index (χ2v) is 8.05. The van der Waals surface area contributed by atoms with Crippen LogP contribution >= 0.6 is 11.3 Å². The number of hydrogen-bond donors (Lipinski definition) is 1. The van der Waals surface area contributed by atoms with Crippen LogP contribution in [0.4, 0.5) is 0 Å². The number of benzene rings is 1. The molecule has 27 heavy (non-hydrogen) atoms. The zero-order valence-electron chi connectivity index (χ0n) is 16.2. The Morgan fingerprint density at radius 3 is 2.70 bits per heavy atom. The van der Waals surface area contributed by atoms with Crippen molar-refractivity contribution in [2.45, 2.75) is 45.1 Å². The van der Waals surface area contributed by atoms with E-state index >= 15 is 0 Å². The normalized spacial score (nSPS) is 16.5. The van der Waals surface area contributed by atoms with Crippen molar-refractivity contribution in [2.75, 3.05) is 26.2 Å². The molecule has 0 radical (unpaired) electrons. The molecule has 1 aliphatic heterocycles. The van der Waals surface area contributed by atoms with E-state index in [0.717, 1.165) is 25.3 Å². The molecule has 1 amide bonds. The van der Waals surface area contributed by atoms with Gasteiger partial charge in [-0.2, -0.15) is 0 Å². The summed E-state index contributed by atoms with van der Waals surface area (Å²) in [6.07, 6.45) is 6.06. The minimum absolute atomic E-state index is 0.0340. The Morgan fingerprint density at radius 1 is 1.19 bits per heavy atom. The summed E-state index contributed by atoms with van der Waals surface area (Å²) in [5.41, 5.74) is 0.657. The van der Waals surface area contributed by atoms with Gasteiger partial charge in [0.1, 0.15) is 5.75 Å². The number of rotatable bonds is 8. The van der Waals surface area contributed by atoms with Gasteiger partial charge in [0.15, 0.2) is 0 Å². The van der Waals surface area contributed by atoms with Crippen molar-refractivity contribution in [3.05, 3.63) is 52.2 Å². The van der Waals surface area contributed by atoms with Crippen LogP contribution in [0.15, 0.2) is 41.8 Å². The van der Waals surface area contributed by atoms with Crippen molar-refractivity contribution in [1.29, 1.82) is 0 Å². The monoisotopic (exact) mass is 386 g/mol. The molecule has 1 N–H and O–H groups in total. The fourth-order valence-electron chi connectivity index (χ4n) is 3.54. The molecule has 4 nitrogen and oxygen atoms in total. The maximum Gasteiger partial charge on any atom is 0.251 e. The highest BCUT2D eigenvalue weighted by Gasteiger charge is 2.23. The standard InChI is InChI=1S/C22H30N2O2S/c1-2-14-26-19-10-7-9-18(16-19)22(25)23-17-20(21-11-8-15-27-21)24-12-5-3-4-6-13-24/h7-11,15-16,20H,2-6,12-14,17H2,1H3,(H,23,25)/t20-/m1/s1. The zero-order chi connectivity index (χ0) is 18.9. The van der Waals surface area contributed by atoms with Crippen LogP contribution in [0.3, 0.4) is 0 Å². The van der Waals surface area contributed by atoms with Gasteiger partial charge in [0, 0.05) is 17.0 Å². The van der Waals surface area contributed by atoms with Crippen LogP contribution in [0.1, 0.15) is 60.3 Å². The van der Waals surface area contributed by atoms with E-state index < -0.39 is 0 Å². The van der Waals surface area contributed by atoms with Crippen LogP contribution in [0, 0.1) is 0 Å². The fraction of sp³-hybridized carbons (Fsp3) is 0.500. The minimum atomic E-state index is -0.0340. The first-order valence-corrected chi connectivity index (χ1v) is 10.9. The Bertz CT molecular complexity index is 694. The zero-order valence-corrected chi connectivity index (χ0v) is 17.0. The van der Waals surface area contributed by atoms with Crippen molar-refractivity contribution < 1.29 is 9.53 Å². The Labute approximate surface area is 166 Å². The molecule has 1 aromatic heterocycles. The lowest BCUT2D eigenvalue weighted by atomic mass is 10.1. The van der Waals surface area contributed by atoms with Crippen LogP contribution in [-0.2, 0) is 0 Å². The van der Waals surface area contributed by atoms with Crippen LogP contribution < -0.4 is 10.1 Å². The van der Waals surface area contributed by atoms with Gasteiger partial charge >= 0.3 is 0 Å². The van der Waals surface area contributed by atoms with E-state index in [1.807, 2.05) is 24.3 Å². The summed E-state index contributed by atoms with van der Waals surface area (Å²) >= 11 is 1.78. The van der Waals surface area contributed by atoms with Gasteiger partial charge in [-0.3, -0.25) is 9.69 Å². The van der Waals surface area contributed by atoms with E-state index in [1.165, 1.54) is 30.6 Å². The number of hydrogen-bond acceptors (Lipinski definition) is 4. The van der Waals surface area contributed by atoms with Crippen molar-refractivity contribution >= 4 is 17.2 Å². The first-order valence-electron chi connectivity index (χ1n) is 10.1. The first-order chi connectivity index (χ1) is 13.3. The second-order valence-electron chi connectivity index (χ2n) is 7.07. The van der Waals surface area contributed by atoms with Crippen LogP contribution in [0.25, 0.3) is 0 Å². The van der Waals surface area contributed by atoms with Crippen molar-refractivity contribution in [1.82, 2.24) is 10.2 Å². The topological polar surface area (TPSA) is 41.6 Å². The molecule has 0 spiro atoms. The Kier molecular flexibility index (Phi) is 7.72. The SMILES string of the molecule is CCCOc1cccc(C(=O)NC[C@H](c2cccs2)N2CCCCCC2)c1. The van der Waals surface area contributed by atoms with Crippen molar-refractivity contribution in [3.8, 4) is 5.75 Å².